The highest BCUT2D eigenvalue weighted by Gasteiger charge is 2.26. The van der Waals surface area contributed by atoms with Crippen LogP contribution in [0, 0.1) is 5.92 Å². The normalized spacial score (nSPS) is 22.7. The zero-order chi connectivity index (χ0) is 12.3. The highest BCUT2D eigenvalue weighted by molar-refractivity contribution is 5.92. The van der Waals surface area contributed by atoms with Crippen LogP contribution in [-0.4, -0.2) is 35.7 Å². The number of hydrogen-bond donors (Lipinski definition) is 3. The van der Waals surface area contributed by atoms with Crippen molar-refractivity contribution in [2.75, 3.05) is 18.9 Å². The summed E-state index contributed by atoms with van der Waals surface area (Å²) in [6.45, 7) is 0.828. The maximum Gasteiger partial charge on any atom is 0.269 e. The van der Waals surface area contributed by atoms with Crippen molar-refractivity contribution in [1.82, 2.24) is 10.3 Å². The van der Waals surface area contributed by atoms with Gasteiger partial charge in [0, 0.05) is 25.5 Å². The summed E-state index contributed by atoms with van der Waals surface area (Å²) in [6.07, 6.45) is 3.21. The molecule has 3 N–H and O–H groups in total. The molecule has 1 fully saturated rings. The maximum absolute atomic E-state index is 11.4. The van der Waals surface area contributed by atoms with E-state index in [-0.39, 0.29) is 12.0 Å². The molecule has 1 aromatic heterocycles. The molecule has 0 bridgehead atoms. The van der Waals surface area contributed by atoms with Crippen LogP contribution in [0.5, 0.6) is 0 Å². The lowest BCUT2D eigenvalue weighted by molar-refractivity contribution is 0.0487. The number of carbonyl (C=O) groups is 1. The number of aromatic nitrogens is 1. The summed E-state index contributed by atoms with van der Waals surface area (Å²) in [6, 6.07) is 3.56. The fourth-order valence-electron chi connectivity index (χ4n) is 1.92. The Kier molecular flexibility index (Phi) is 3.58. The van der Waals surface area contributed by atoms with E-state index in [1.807, 2.05) is 6.07 Å². The van der Waals surface area contributed by atoms with Gasteiger partial charge in [0.15, 0.2) is 0 Å². The van der Waals surface area contributed by atoms with Gasteiger partial charge in [0.25, 0.3) is 5.91 Å². The summed E-state index contributed by atoms with van der Waals surface area (Å²) in [7, 11) is 1.58. The number of nitrogens with one attached hydrogen (secondary N) is 2. The van der Waals surface area contributed by atoms with Gasteiger partial charge >= 0.3 is 0 Å². The number of nitrogens with zero attached hydrogens (tertiary/aromatic N) is 1. The fraction of sp³-hybridized carbons (Fsp3) is 0.500. The molecule has 0 radical (unpaired) electrons. The van der Waals surface area contributed by atoms with Crippen LogP contribution in [0.15, 0.2) is 18.3 Å². The molecule has 0 aliphatic heterocycles. The van der Waals surface area contributed by atoms with Crippen LogP contribution >= 0.6 is 0 Å². The SMILES string of the molecule is CNC(=O)c1cc(NCC2CC(O)C2)ccn1. The molecule has 17 heavy (non-hydrogen) atoms. The maximum atomic E-state index is 11.4. The number of anilines is 1. The van der Waals surface area contributed by atoms with Gasteiger partial charge in [0.05, 0.1) is 6.10 Å². The molecule has 5 nitrogen and oxygen atoms in total. The molecular weight excluding hydrogens is 218 g/mol. The molecule has 1 aliphatic rings. The van der Waals surface area contributed by atoms with E-state index in [4.69, 9.17) is 0 Å². The lowest BCUT2D eigenvalue weighted by atomic mass is 9.82. The van der Waals surface area contributed by atoms with E-state index in [9.17, 15) is 9.90 Å². The minimum absolute atomic E-state index is 0.124. The van der Waals surface area contributed by atoms with E-state index < -0.39 is 0 Å². The molecule has 2 rings (SSSR count). The van der Waals surface area contributed by atoms with Crippen molar-refractivity contribution in [3.05, 3.63) is 24.0 Å². The van der Waals surface area contributed by atoms with Gasteiger partial charge in [-0.2, -0.15) is 0 Å². The van der Waals surface area contributed by atoms with E-state index >= 15 is 0 Å². The molecule has 92 valence electrons. The number of hydrogen-bond acceptors (Lipinski definition) is 4. The first kappa shape index (κ1) is 11.9. The van der Waals surface area contributed by atoms with Gasteiger partial charge < -0.3 is 15.7 Å². The first-order valence-corrected chi connectivity index (χ1v) is 5.79. The Labute approximate surface area is 100 Å². The van der Waals surface area contributed by atoms with Gasteiger partial charge in [-0.25, -0.2) is 0 Å². The standard InChI is InChI=1S/C12H17N3O2/c1-13-12(17)11-6-9(2-3-14-11)15-7-8-4-10(16)5-8/h2-3,6,8,10,16H,4-5,7H2,1H3,(H,13,17)(H,14,15). The van der Waals surface area contributed by atoms with Gasteiger partial charge in [-0.15, -0.1) is 0 Å². The van der Waals surface area contributed by atoms with Crippen LogP contribution in [0.1, 0.15) is 23.3 Å². The van der Waals surface area contributed by atoms with Gasteiger partial charge in [-0.05, 0) is 30.9 Å². The van der Waals surface area contributed by atoms with Crippen molar-refractivity contribution in [3.63, 3.8) is 0 Å². The first-order valence-electron chi connectivity index (χ1n) is 5.79. The van der Waals surface area contributed by atoms with Gasteiger partial charge in [-0.3, -0.25) is 9.78 Å². The number of aliphatic hydroxyl groups excluding tert-OH is 1. The van der Waals surface area contributed by atoms with Crippen molar-refractivity contribution in [2.24, 2.45) is 5.92 Å². The predicted octanol–water partition coefficient (Wildman–Crippen LogP) is 0.624. The second kappa shape index (κ2) is 5.14. The molecule has 1 aromatic rings. The third-order valence-electron chi connectivity index (χ3n) is 3.03. The summed E-state index contributed by atoms with van der Waals surface area (Å²) >= 11 is 0. The van der Waals surface area contributed by atoms with E-state index in [2.05, 4.69) is 15.6 Å². The number of amides is 1. The average molecular weight is 235 g/mol. The third-order valence-corrected chi connectivity index (χ3v) is 3.03. The van der Waals surface area contributed by atoms with Crippen molar-refractivity contribution >= 4 is 11.6 Å². The molecule has 0 unspecified atom stereocenters. The number of rotatable bonds is 4. The van der Waals surface area contributed by atoms with Crippen LogP contribution in [0.4, 0.5) is 5.69 Å². The topological polar surface area (TPSA) is 74.2 Å². The first-order chi connectivity index (χ1) is 8.19. The third kappa shape index (κ3) is 2.94. The second-order valence-electron chi connectivity index (χ2n) is 4.38. The Bertz CT molecular complexity index is 402. The molecular formula is C12H17N3O2. The van der Waals surface area contributed by atoms with Crippen LogP contribution in [-0.2, 0) is 0 Å². The minimum Gasteiger partial charge on any atom is -0.393 e. The van der Waals surface area contributed by atoms with Gasteiger partial charge in [0.1, 0.15) is 5.69 Å². The van der Waals surface area contributed by atoms with E-state index in [1.54, 1.807) is 19.3 Å². The molecule has 1 aliphatic carbocycles. The zero-order valence-corrected chi connectivity index (χ0v) is 9.81. The van der Waals surface area contributed by atoms with E-state index in [1.165, 1.54) is 0 Å². The predicted molar refractivity (Wildman–Crippen MR) is 64.8 cm³/mol. The molecule has 1 saturated carbocycles. The lowest BCUT2D eigenvalue weighted by Crippen LogP contribution is -2.33. The summed E-state index contributed by atoms with van der Waals surface area (Å²) in [5, 5.41) is 15.0. The largest absolute Gasteiger partial charge is 0.393 e. The molecule has 0 atom stereocenters. The fourth-order valence-corrected chi connectivity index (χ4v) is 1.92. The number of aliphatic hydroxyl groups is 1. The Balaban J connectivity index is 1.90. The van der Waals surface area contributed by atoms with Crippen molar-refractivity contribution in [1.29, 1.82) is 0 Å². The summed E-state index contributed by atoms with van der Waals surface area (Å²) in [4.78, 5) is 15.4. The van der Waals surface area contributed by atoms with Crippen LogP contribution in [0.2, 0.25) is 0 Å². The van der Waals surface area contributed by atoms with Gasteiger partial charge in [-0.1, -0.05) is 0 Å². The quantitative estimate of drug-likeness (QED) is 0.715. The Morgan fingerprint density at radius 3 is 3.00 bits per heavy atom. The Morgan fingerprint density at radius 1 is 1.59 bits per heavy atom. The monoisotopic (exact) mass is 235 g/mol. The molecule has 5 heteroatoms. The lowest BCUT2D eigenvalue weighted by Gasteiger charge is -2.31. The van der Waals surface area contributed by atoms with Crippen molar-refractivity contribution < 1.29 is 9.90 Å². The highest BCUT2D eigenvalue weighted by atomic mass is 16.3. The second-order valence-corrected chi connectivity index (χ2v) is 4.38. The Hall–Kier alpha value is -1.62. The highest BCUT2D eigenvalue weighted by Crippen LogP contribution is 2.27. The van der Waals surface area contributed by atoms with Crippen LogP contribution < -0.4 is 10.6 Å². The molecule has 0 aromatic carbocycles. The summed E-state index contributed by atoms with van der Waals surface area (Å²) in [5.74, 6) is 0.342. The molecule has 0 saturated heterocycles. The number of pyridine rings is 1. The number of carbonyl (C=O) groups excluding carboxylic acids is 1. The summed E-state index contributed by atoms with van der Waals surface area (Å²) < 4.78 is 0. The van der Waals surface area contributed by atoms with Crippen molar-refractivity contribution in [2.45, 2.75) is 18.9 Å². The van der Waals surface area contributed by atoms with Crippen LogP contribution in [0.3, 0.4) is 0 Å². The van der Waals surface area contributed by atoms with Gasteiger partial charge in [0.2, 0.25) is 0 Å². The van der Waals surface area contributed by atoms with E-state index in [0.717, 1.165) is 25.1 Å². The van der Waals surface area contributed by atoms with Crippen LogP contribution in [0.25, 0.3) is 0 Å². The zero-order valence-electron chi connectivity index (χ0n) is 9.81. The molecule has 1 heterocycles. The minimum atomic E-state index is -0.187. The molecule has 0 spiro atoms. The average Bonchev–Trinajstić information content (AvgIpc) is 2.32. The van der Waals surface area contributed by atoms with Crippen molar-refractivity contribution in [3.8, 4) is 0 Å². The summed E-state index contributed by atoms with van der Waals surface area (Å²) in [5.41, 5.74) is 1.30. The van der Waals surface area contributed by atoms with E-state index in [0.29, 0.717) is 11.6 Å². The smallest absolute Gasteiger partial charge is 0.269 e. The molecule has 1 amide bonds. The Morgan fingerprint density at radius 2 is 2.35 bits per heavy atom.